The largest absolute Gasteiger partial charge is 1.00 e. The van der Waals surface area contributed by atoms with Gasteiger partial charge in [-0.1, -0.05) is 27.7 Å². The first-order valence-corrected chi connectivity index (χ1v) is 20.1. The number of hydrogen-bond donors (Lipinski definition) is 1. The Bertz CT molecular complexity index is 1830. The Balaban J connectivity index is -0.000000425. The van der Waals surface area contributed by atoms with Crippen LogP contribution >= 0.6 is 0 Å². The van der Waals surface area contributed by atoms with Crippen molar-refractivity contribution in [1.29, 1.82) is 0 Å². The number of carbonyl (C=O) groups excluding carboxylic acids is 6. The van der Waals surface area contributed by atoms with Gasteiger partial charge in [-0.2, -0.15) is 0 Å². The first-order valence-electron chi connectivity index (χ1n) is 20.1. The van der Waals surface area contributed by atoms with E-state index < -0.39 is 77.0 Å². The number of alkyl halides is 4. The van der Waals surface area contributed by atoms with Gasteiger partial charge in [-0.25, -0.2) is 46.5 Å². The van der Waals surface area contributed by atoms with Gasteiger partial charge >= 0.3 is 53.4 Å². The summed E-state index contributed by atoms with van der Waals surface area (Å²) in [4.78, 5) is 98.6. The maximum Gasteiger partial charge on any atom is 1.00 e. The SMILES string of the molecule is CC(=O)OOC(C)=O.CCOC(=O)C(CC(C)C)n1cc(CC=O)cc(C(F)F)c1=O.CCOC(=O)C(CC(C)C)n1cc(CCN(C)C)cc(C(F)F)c1=O.CNC.[B-]OC(C)=O.[Na+]. The van der Waals surface area contributed by atoms with Crippen LogP contribution in [0.1, 0.15) is 122 Å². The van der Waals surface area contributed by atoms with Gasteiger partial charge in [0.15, 0.2) is 0 Å². The molecule has 1 N–H and O–H groups in total. The number of ether oxygens (including phenoxy) is 2. The number of nitrogens with zero attached hydrogens (tertiary/aromatic N) is 3. The van der Waals surface area contributed by atoms with E-state index in [9.17, 15) is 55.9 Å². The predicted molar refractivity (Wildman–Crippen MR) is 230 cm³/mol. The molecule has 2 aromatic heterocycles. The van der Waals surface area contributed by atoms with Crippen LogP contribution in [0.2, 0.25) is 0 Å². The van der Waals surface area contributed by atoms with Gasteiger partial charge < -0.3 is 46.3 Å². The number of likely N-dealkylation sites (N-methyl/N-ethyl adjacent to an activating group) is 1. The quantitative estimate of drug-likeness (QED) is 0.0603. The summed E-state index contributed by atoms with van der Waals surface area (Å²) in [5, 5.41) is 2.75. The Morgan fingerprint density at radius 3 is 1.32 bits per heavy atom. The maximum absolute atomic E-state index is 13.3. The Morgan fingerprint density at radius 1 is 0.723 bits per heavy atom. The number of hydrogen-bond acceptors (Lipinski definition) is 15. The van der Waals surface area contributed by atoms with E-state index in [4.69, 9.17) is 9.47 Å². The Kier molecular flexibility index (Phi) is 39.1. The molecule has 2 rings (SSSR count). The van der Waals surface area contributed by atoms with Crippen LogP contribution in [0.5, 0.6) is 0 Å². The van der Waals surface area contributed by atoms with Crippen molar-refractivity contribution >= 4 is 44.2 Å². The van der Waals surface area contributed by atoms with E-state index in [0.29, 0.717) is 31.2 Å². The second-order valence-corrected chi connectivity index (χ2v) is 14.6. The molecule has 0 amide bonds. The van der Waals surface area contributed by atoms with E-state index in [-0.39, 0.29) is 73.0 Å². The van der Waals surface area contributed by atoms with Crippen molar-refractivity contribution < 1.29 is 99.8 Å². The molecule has 2 heterocycles. The second kappa shape index (κ2) is 37.8. The summed E-state index contributed by atoms with van der Waals surface area (Å²) in [5.74, 6) is -2.82. The molecule has 0 spiro atoms. The van der Waals surface area contributed by atoms with Crippen molar-refractivity contribution in [3.63, 3.8) is 0 Å². The molecule has 0 bridgehead atoms. The van der Waals surface area contributed by atoms with Crippen molar-refractivity contribution in [3.05, 3.63) is 67.5 Å². The molecule has 2 aromatic rings. The number of esters is 2. The fourth-order valence-corrected chi connectivity index (χ4v) is 4.98. The molecular formula is C42H65BF4N4NaO13. The topological polar surface area (TPSA) is 208 Å². The first kappa shape index (κ1) is 67.2. The average Bonchev–Trinajstić information content (AvgIpc) is 3.19. The van der Waals surface area contributed by atoms with Crippen molar-refractivity contribution in [2.24, 2.45) is 11.8 Å². The van der Waals surface area contributed by atoms with Crippen LogP contribution in [-0.2, 0) is 65.5 Å². The van der Waals surface area contributed by atoms with E-state index in [0.717, 1.165) is 29.0 Å². The molecule has 0 fully saturated rings. The molecule has 2 unspecified atom stereocenters. The molecule has 0 saturated heterocycles. The van der Waals surface area contributed by atoms with Gasteiger partial charge in [0.05, 0.1) is 24.3 Å². The summed E-state index contributed by atoms with van der Waals surface area (Å²) in [5.41, 5.74) is -2.21. The third kappa shape index (κ3) is 30.5. The fourth-order valence-electron chi connectivity index (χ4n) is 4.98. The summed E-state index contributed by atoms with van der Waals surface area (Å²) < 4.78 is 68.5. The van der Waals surface area contributed by atoms with Crippen LogP contribution < -0.4 is 46.0 Å². The molecule has 0 saturated carbocycles. The van der Waals surface area contributed by atoms with E-state index in [1.807, 2.05) is 60.8 Å². The first-order chi connectivity index (χ1) is 29.8. The minimum absolute atomic E-state index is 0. The molecule has 0 aliphatic heterocycles. The number of aromatic nitrogens is 2. The van der Waals surface area contributed by atoms with Crippen molar-refractivity contribution in [1.82, 2.24) is 19.4 Å². The third-order valence-corrected chi connectivity index (χ3v) is 7.51. The van der Waals surface area contributed by atoms with Crippen LogP contribution in [0, 0.1) is 11.8 Å². The zero-order valence-electron chi connectivity index (χ0n) is 40.0. The minimum Gasteiger partial charge on any atom is -0.793 e. The van der Waals surface area contributed by atoms with Gasteiger partial charge in [-0.05, 0) is 96.4 Å². The Hall–Kier alpha value is -4.38. The molecule has 23 heteroatoms. The molecule has 17 nitrogen and oxygen atoms in total. The van der Waals surface area contributed by atoms with Gasteiger partial charge in [-0.15, -0.1) is 0 Å². The normalized spacial score (nSPS) is 11.1. The van der Waals surface area contributed by atoms with Gasteiger partial charge in [0.2, 0.25) is 5.97 Å². The van der Waals surface area contributed by atoms with Gasteiger partial charge in [0.25, 0.3) is 24.0 Å². The standard InChI is InChI=1S/C18H28F2N2O3.C16H21F2NO4.C4H6O4.C2H3BO2.C2H7N.Na/c1-6-25-18(24)15(9-12(2)3)22-11-13(7-8-21(4)5)10-14(16(19)20)17(22)23;1-4-23-16(22)13(7-10(2)3)19-9-11(5-6-20)8-12(14(17)18)15(19)21;1-3(5)7-8-4(2)6;1-2(4)5-3;1-3-2;/h10-12,15-16H,6-9H2,1-5H3;6,8-10,13-14H,4-5,7H2,1-3H3;1-2H3;1H3;3H,1-2H3;/q;;;-1;;+1. The summed E-state index contributed by atoms with van der Waals surface area (Å²) in [6.45, 7) is 15.3. The molecule has 3 radical (unpaired) electrons. The summed E-state index contributed by atoms with van der Waals surface area (Å²) >= 11 is 0. The smallest absolute Gasteiger partial charge is 0.793 e. The second-order valence-electron chi connectivity index (χ2n) is 14.6. The summed E-state index contributed by atoms with van der Waals surface area (Å²) in [6, 6.07) is 0.357. The molecular weight excluding hydrogens is 878 g/mol. The zero-order valence-corrected chi connectivity index (χ0v) is 42.0. The van der Waals surface area contributed by atoms with Crippen LogP contribution in [-0.4, -0.2) is 106 Å². The van der Waals surface area contributed by atoms with E-state index >= 15 is 0 Å². The van der Waals surface area contributed by atoms with Crippen LogP contribution in [0.25, 0.3) is 0 Å². The molecule has 0 aliphatic carbocycles. The number of rotatable bonds is 17. The Morgan fingerprint density at radius 2 is 1.06 bits per heavy atom. The molecule has 0 aliphatic rings. The fraction of sp³-hybridized carbons (Fsp3) is 0.619. The number of carbonyl (C=O) groups is 6. The molecule has 65 heavy (non-hydrogen) atoms. The third-order valence-electron chi connectivity index (χ3n) is 7.51. The molecule has 2 atom stereocenters. The van der Waals surface area contributed by atoms with E-state index in [1.54, 1.807) is 13.8 Å². The zero-order chi connectivity index (χ0) is 50.3. The van der Waals surface area contributed by atoms with Gasteiger partial charge in [0.1, 0.15) is 18.4 Å². The number of aldehydes is 1. The van der Waals surface area contributed by atoms with Crippen molar-refractivity contribution in [2.75, 3.05) is 47.9 Å². The van der Waals surface area contributed by atoms with Gasteiger partial charge in [0, 0.05) is 46.1 Å². The van der Waals surface area contributed by atoms with Crippen LogP contribution in [0.3, 0.4) is 0 Å². The minimum atomic E-state index is -2.98. The van der Waals surface area contributed by atoms with Crippen molar-refractivity contribution in [3.8, 4) is 0 Å². The Labute approximate surface area is 401 Å². The van der Waals surface area contributed by atoms with Crippen LogP contribution in [0.4, 0.5) is 17.6 Å². The average molecular weight is 944 g/mol. The van der Waals surface area contributed by atoms with Crippen molar-refractivity contribution in [2.45, 2.75) is 113 Å². The van der Waals surface area contributed by atoms with Gasteiger partial charge in [-0.3, -0.25) is 14.4 Å². The predicted octanol–water partition coefficient (Wildman–Crippen LogP) is 2.22. The number of halogens is 4. The van der Waals surface area contributed by atoms with E-state index in [2.05, 4.69) is 27.8 Å². The number of nitrogens with one attached hydrogen (secondary N) is 1. The molecule has 0 aromatic carbocycles. The maximum atomic E-state index is 13.3. The molecule has 363 valence electrons. The monoisotopic (exact) mass is 943 g/mol. The summed E-state index contributed by atoms with van der Waals surface area (Å²) in [6.07, 6.45) is -1.51. The van der Waals surface area contributed by atoms with Crippen LogP contribution in [0.15, 0.2) is 34.1 Å². The summed E-state index contributed by atoms with van der Waals surface area (Å²) in [7, 11) is 11.8. The van der Waals surface area contributed by atoms with E-state index in [1.165, 1.54) is 25.4 Å². The number of pyridine rings is 2.